The van der Waals surface area contributed by atoms with Gasteiger partial charge in [-0.25, -0.2) is 0 Å². The monoisotopic (exact) mass is 845 g/mol. The average Bonchev–Trinajstić information content (AvgIpc) is 4.01. The Bertz CT molecular complexity index is 3760. The lowest BCUT2D eigenvalue weighted by Crippen LogP contribution is -2.33. The number of hydrogen-bond acceptors (Lipinski definition) is 3. The minimum atomic E-state index is -0.544. The molecular weight excluding hydrogens is 807 g/mol. The Morgan fingerprint density at radius 1 is 0.323 bits per heavy atom. The first-order valence-electron chi connectivity index (χ1n) is 22.3. The maximum absolute atomic E-state index is 2.54. The van der Waals surface area contributed by atoms with Gasteiger partial charge in [-0.1, -0.05) is 140 Å². The van der Waals surface area contributed by atoms with E-state index < -0.39 is 5.41 Å². The maximum atomic E-state index is 2.54. The number of anilines is 6. The summed E-state index contributed by atoms with van der Waals surface area (Å²) in [5.74, 6) is 0. The Hall–Kier alpha value is -8.18. The summed E-state index contributed by atoms with van der Waals surface area (Å²) in [5.41, 5.74) is 17.8. The van der Waals surface area contributed by atoms with Crippen LogP contribution in [0.4, 0.5) is 34.1 Å². The van der Waals surface area contributed by atoms with Crippen LogP contribution >= 0.6 is 11.3 Å². The number of fused-ring (bicyclic) bond motifs is 15. The first-order valence-corrected chi connectivity index (χ1v) is 23.2. The molecule has 0 saturated heterocycles. The number of nitrogens with zero attached hydrogens (tertiary/aromatic N) is 3. The van der Waals surface area contributed by atoms with E-state index in [2.05, 4.69) is 251 Å². The molecule has 0 unspecified atom stereocenters. The van der Waals surface area contributed by atoms with Crippen molar-refractivity contribution in [3.8, 4) is 16.8 Å². The molecule has 0 fully saturated rings. The molecule has 0 radical (unpaired) electrons. The highest BCUT2D eigenvalue weighted by molar-refractivity contribution is 7.25. The highest BCUT2D eigenvalue weighted by Crippen LogP contribution is 2.61. The lowest BCUT2D eigenvalue weighted by atomic mass is 9.65. The number of benzene rings is 10. The van der Waals surface area contributed by atoms with Crippen molar-refractivity contribution in [3.63, 3.8) is 0 Å². The molecule has 65 heavy (non-hydrogen) atoms. The third-order valence-corrected chi connectivity index (χ3v) is 15.1. The molecule has 2 aliphatic rings. The molecule has 1 aliphatic carbocycles. The highest BCUT2D eigenvalue weighted by Gasteiger charge is 2.51. The Balaban J connectivity index is 1.02. The fraction of sp³-hybridized carbons (Fsp3) is 0.0164. The summed E-state index contributed by atoms with van der Waals surface area (Å²) in [6, 6.07) is 87.5. The zero-order valence-corrected chi connectivity index (χ0v) is 36.1. The second-order valence-corrected chi connectivity index (χ2v) is 18.3. The third kappa shape index (κ3) is 5.11. The van der Waals surface area contributed by atoms with Crippen molar-refractivity contribution in [3.05, 3.63) is 259 Å². The van der Waals surface area contributed by atoms with Gasteiger partial charge in [0.25, 0.3) is 0 Å². The van der Waals surface area contributed by atoms with Crippen LogP contribution in [0.5, 0.6) is 0 Å². The molecule has 0 amide bonds. The predicted octanol–water partition coefficient (Wildman–Crippen LogP) is 16.8. The summed E-state index contributed by atoms with van der Waals surface area (Å²) in [7, 11) is 0. The molecule has 3 nitrogen and oxygen atoms in total. The first-order chi connectivity index (χ1) is 32.3. The Labute approximate surface area is 380 Å². The van der Waals surface area contributed by atoms with E-state index in [-0.39, 0.29) is 0 Å². The van der Waals surface area contributed by atoms with Gasteiger partial charge in [-0.15, -0.1) is 11.3 Å². The second kappa shape index (κ2) is 13.9. The standard InChI is InChI=1S/C61H39N3S/c1-4-17-40(18-5-1)62(41-19-6-2-7-20-41)43-32-35-58-50(37-43)51-38-44(33-36-59(51)65-58)63(42-21-8-3-9-22-42)45-31-34-57-55(39-45)61(52-27-13-10-23-46(52)47-24-11-14-28-53(47)61)54-29-16-26-49-48-25-12-15-30-56(48)64(57)60(49)54/h1-39H. The molecule has 10 aromatic carbocycles. The number of para-hydroxylation sites is 5. The summed E-state index contributed by atoms with van der Waals surface area (Å²) in [5, 5.41) is 5.06. The molecule has 4 heteroatoms. The van der Waals surface area contributed by atoms with Gasteiger partial charge in [-0.2, -0.15) is 0 Å². The lowest BCUT2D eigenvalue weighted by Gasteiger charge is -2.40. The molecule has 12 aromatic rings. The van der Waals surface area contributed by atoms with Gasteiger partial charge in [-0.05, 0) is 130 Å². The van der Waals surface area contributed by atoms with Crippen molar-refractivity contribution < 1.29 is 0 Å². The quantitative estimate of drug-likeness (QED) is 0.165. The number of hydrogen-bond donors (Lipinski definition) is 0. The van der Waals surface area contributed by atoms with Crippen molar-refractivity contribution in [2.45, 2.75) is 5.41 Å². The average molecular weight is 846 g/mol. The molecule has 0 atom stereocenters. The molecule has 14 rings (SSSR count). The molecule has 0 bridgehead atoms. The fourth-order valence-corrected chi connectivity index (χ4v) is 12.4. The Morgan fingerprint density at radius 2 is 0.785 bits per heavy atom. The number of rotatable bonds is 6. The molecular formula is C61H39N3S. The summed E-state index contributed by atoms with van der Waals surface area (Å²) >= 11 is 1.86. The predicted molar refractivity (Wildman–Crippen MR) is 274 cm³/mol. The molecule has 1 aliphatic heterocycles. The van der Waals surface area contributed by atoms with Gasteiger partial charge in [0, 0.05) is 65.1 Å². The SMILES string of the molecule is c1ccc(N(c2ccccc2)c2ccc3sc4ccc(N(c5ccccc5)c5ccc6c(c5)C5(c7ccccc7-c7ccccc75)c5cccc7c8ccccc8n-6c57)cc4c3c2)cc1. The van der Waals surface area contributed by atoms with Crippen LogP contribution in [0.25, 0.3) is 58.8 Å². The number of thiophene rings is 1. The maximum Gasteiger partial charge on any atom is 0.0755 e. The lowest BCUT2D eigenvalue weighted by molar-refractivity contribution is 0.748. The van der Waals surface area contributed by atoms with Gasteiger partial charge in [0.2, 0.25) is 0 Å². The molecule has 1 spiro atoms. The third-order valence-electron chi connectivity index (χ3n) is 13.9. The molecule has 3 heterocycles. The largest absolute Gasteiger partial charge is 0.310 e. The van der Waals surface area contributed by atoms with E-state index in [1.165, 1.54) is 81.0 Å². The Kier molecular flexibility index (Phi) is 7.77. The molecule has 0 saturated carbocycles. The van der Waals surface area contributed by atoms with Crippen LogP contribution in [0, 0.1) is 0 Å². The van der Waals surface area contributed by atoms with E-state index in [0.717, 1.165) is 34.1 Å². The van der Waals surface area contributed by atoms with Gasteiger partial charge >= 0.3 is 0 Å². The molecule has 0 N–H and O–H groups in total. The fourth-order valence-electron chi connectivity index (χ4n) is 11.3. The highest BCUT2D eigenvalue weighted by atomic mass is 32.1. The van der Waals surface area contributed by atoms with Crippen molar-refractivity contribution in [1.82, 2.24) is 4.57 Å². The summed E-state index contributed by atoms with van der Waals surface area (Å²) < 4.78 is 5.07. The van der Waals surface area contributed by atoms with Crippen LogP contribution < -0.4 is 9.80 Å². The normalized spacial score (nSPS) is 13.0. The van der Waals surface area contributed by atoms with E-state index >= 15 is 0 Å². The van der Waals surface area contributed by atoms with Gasteiger partial charge < -0.3 is 14.4 Å². The zero-order chi connectivity index (χ0) is 42.6. The summed E-state index contributed by atoms with van der Waals surface area (Å²) in [6.07, 6.45) is 0. The van der Waals surface area contributed by atoms with Gasteiger partial charge in [0.05, 0.1) is 22.1 Å². The number of aromatic nitrogens is 1. The zero-order valence-electron chi connectivity index (χ0n) is 35.3. The van der Waals surface area contributed by atoms with E-state index in [1.54, 1.807) is 0 Å². The van der Waals surface area contributed by atoms with Crippen molar-refractivity contribution in [2.75, 3.05) is 9.80 Å². The first kappa shape index (κ1) is 36.3. The smallest absolute Gasteiger partial charge is 0.0755 e. The topological polar surface area (TPSA) is 11.4 Å². The van der Waals surface area contributed by atoms with E-state index in [1.807, 2.05) is 11.3 Å². The second-order valence-electron chi connectivity index (χ2n) is 17.2. The van der Waals surface area contributed by atoms with Gasteiger partial charge in [-0.3, -0.25) is 0 Å². The van der Waals surface area contributed by atoms with Crippen LogP contribution in [0.2, 0.25) is 0 Å². The van der Waals surface area contributed by atoms with Gasteiger partial charge in [0.1, 0.15) is 0 Å². The van der Waals surface area contributed by atoms with Crippen LogP contribution in [0.15, 0.2) is 237 Å². The summed E-state index contributed by atoms with van der Waals surface area (Å²) in [4.78, 5) is 4.81. The minimum absolute atomic E-state index is 0.544. The van der Waals surface area contributed by atoms with Gasteiger partial charge in [0.15, 0.2) is 0 Å². The summed E-state index contributed by atoms with van der Waals surface area (Å²) in [6.45, 7) is 0. The van der Waals surface area contributed by atoms with E-state index in [0.29, 0.717) is 0 Å². The minimum Gasteiger partial charge on any atom is -0.310 e. The van der Waals surface area contributed by atoms with Crippen molar-refractivity contribution in [1.29, 1.82) is 0 Å². The Morgan fingerprint density at radius 3 is 1.38 bits per heavy atom. The van der Waals surface area contributed by atoms with E-state index in [9.17, 15) is 0 Å². The molecule has 304 valence electrons. The van der Waals surface area contributed by atoms with Crippen molar-refractivity contribution in [2.24, 2.45) is 0 Å². The van der Waals surface area contributed by atoms with Crippen molar-refractivity contribution >= 4 is 87.4 Å². The van der Waals surface area contributed by atoms with Crippen LogP contribution in [-0.2, 0) is 5.41 Å². The molecule has 2 aromatic heterocycles. The van der Waals surface area contributed by atoms with Crippen LogP contribution in [-0.4, -0.2) is 4.57 Å². The van der Waals surface area contributed by atoms with Crippen LogP contribution in [0.1, 0.15) is 22.3 Å². The van der Waals surface area contributed by atoms with Crippen LogP contribution in [0.3, 0.4) is 0 Å². The van der Waals surface area contributed by atoms with E-state index in [4.69, 9.17) is 0 Å².